The van der Waals surface area contributed by atoms with Crippen LogP contribution in [0.3, 0.4) is 0 Å². The fourth-order valence-corrected chi connectivity index (χ4v) is 1.14. The molecule has 1 aromatic heterocycles. The van der Waals surface area contributed by atoms with E-state index in [1.165, 1.54) is 18.4 Å². The molecule has 0 bridgehead atoms. The van der Waals surface area contributed by atoms with Crippen molar-refractivity contribution in [1.82, 2.24) is 0 Å². The minimum absolute atomic E-state index is 0. The van der Waals surface area contributed by atoms with E-state index in [1.807, 2.05) is 11.4 Å². The van der Waals surface area contributed by atoms with Gasteiger partial charge < -0.3 is 4.74 Å². The van der Waals surface area contributed by atoms with Crippen molar-refractivity contribution in [3.8, 4) is 0 Å². The van der Waals surface area contributed by atoms with E-state index in [0.29, 0.717) is 4.88 Å². The van der Waals surface area contributed by atoms with Gasteiger partial charge in [0.25, 0.3) is 0 Å². The molecule has 0 spiro atoms. The summed E-state index contributed by atoms with van der Waals surface area (Å²) in [6.07, 6.45) is 0. The summed E-state index contributed by atoms with van der Waals surface area (Å²) in [4.78, 5) is 11.3. The molecule has 2 nitrogen and oxygen atoms in total. The second-order valence-electron chi connectivity index (χ2n) is 1.47. The van der Waals surface area contributed by atoms with Gasteiger partial charge in [0.2, 0.25) is 0 Å². The van der Waals surface area contributed by atoms with E-state index < -0.39 is 0 Å². The Morgan fingerprint density at radius 3 is 2.64 bits per heavy atom. The standard InChI is InChI=1S/C6H6O2S.Al.Li.4H/c1-8-6(7)5-3-2-4-9-5;;;;;;/h2-4H,1H3;;;;;;. The van der Waals surface area contributed by atoms with Crippen molar-refractivity contribution in [3.05, 3.63) is 22.4 Å². The van der Waals surface area contributed by atoms with E-state index in [1.54, 1.807) is 6.07 Å². The Hall–Kier alpha value is 0.300. The van der Waals surface area contributed by atoms with Crippen molar-refractivity contribution in [2.75, 3.05) is 7.11 Å². The number of methoxy groups -OCH3 is 1. The van der Waals surface area contributed by atoms with Crippen LogP contribution in [0.4, 0.5) is 0 Å². The number of rotatable bonds is 1. The summed E-state index contributed by atoms with van der Waals surface area (Å²) in [6, 6.07) is 3.55. The number of carbonyl (C=O) groups excluding carboxylic acids is 1. The Morgan fingerprint density at radius 2 is 2.27 bits per heavy atom. The van der Waals surface area contributed by atoms with Crippen LogP contribution in [-0.2, 0) is 4.74 Å². The van der Waals surface area contributed by atoms with E-state index in [9.17, 15) is 4.79 Å². The molecular formula is C6H10AlLiO2S. The second-order valence-corrected chi connectivity index (χ2v) is 2.42. The zero-order valence-electron chi connectivity index (χ0n) is 4.96. The molecule has 0 aliphatic carbocycles. The van der Waals surface area contributed by atoms with Crippen LogP contribution in [0.2, 0.25) is 0 Å². The van der Waals surface area contributed by atoms with Gasteiger partial charge in [-0.1, -0.05) is 6.07 Å². The SMILES string of the molecule is COC(=O)c1cccs1.[AlH3].[LiH]. The summed E-state index contributed by atoms with van der Waals surface area (Å²) in [6.45, 7) is 0. The normalized spacial score (nSPS) is 7.36. The van der Waals surface area contributed by atoms with Crippen LogP contribution in [0.25, 0.3) is 0 Å². The first-order valence-corrected chi connectivity index (χ1v) is 3.34. The minimum atomic E-state index is -0.259. The van der Waals surface area contributed by atoms with E-state index in [0.717, 1.165) is 0 Å². The molecule has 0 aromatic carbocycles. The van der Waals surface area contributed by atoms with Crippen molar-refractivity contribution >= 4 is 53.5 Å². The fraction of sp³-hybridized carbons (Fsp3) is 0.167. The van der Waals surface area contributed by atoms with Crippen LogP contribution < -0.4 is 0 Å². The third kappa shape index (κ3) is 4.01. The Labute approximate surface area is 92.2 Å². The first-order valence-electron chi connectivity index (χ1n) is 2.46. The first-order chi connectivity index (χ1) is 4.34. The molecule has 56 valence electrons. The van der Waals surface area contributed by atoms with Crippen molar-refractivity contribution in [1.29, 1.82) is 0 Å². The maximum absolute atomic E-state index is 10.7. The van der Waals surface area contributed by atoms with Gasteiger partial charge in [0.1, 0.15) is 4.88 Å². The predicted octanol–water partition coefficient (Wildman–Crippen LogP) is -0.298. The van der Waals surface area contributed by atoms with Crippen LogP contribution in [-0.4, -0.2) is 49.3 Å². The molecule has 0 saturated carbocycles. The van der Waals surface area contributed by atoms with E-state index in [-0.39, 0.29) is 42.2 Å². The molecule has 1 aromatic rings. The molecule has 5 heteroatoms. The van der Waals surface area contributed by atoms with Gasteiger partial charge in [-0.15, -0.1) is 11.3 Å². The van der Waals surface area contributed by atoms with Gasteiger partial charge in [-0.05, 0) is 11.4 Å². The third-order valence-electron chi connectivity index (χ3n) is 0.908. The summed E-state index contributed by atoms with van der Waals surface area (Å²) in [5.74, 6) is -0.259. The molecule has 0 N–H and O–H groups in total. The molecule has 1 rings (SSSR count). The molecule has 1 heterocycles. The topological polar surface area (TPSA) is 26.3 Å². The Morgan fingerprint density at radius 1 is 1.64 bits per heavy atom. The van der Waals surface area contributed by atoms with Gasteiger partial charge >= 0.3 is 24.8 Å². The third-order valence-corrected chi connectivity index (χ3v) is 1.76. The molecule has 0 aliphatic heterocycles. The zero-order chi connectivity index (χ0) is 6.69. The molecule has 0 aliphatic rings. The van der Waals surface area contributed by atoms with Gasteiger partial charge in [0, 0.05) is 0 Å². The second kappa shape index (κ2) is 6.98. The Balaban J connectivity index is 0. The van der Waals surface area contributed by atoms with Crippen LogP contribution in [0.5, 0.6) is 0 Å². The number of carbonyl (C=O) groups is 1. The summed E-state index contributed by atoms with van der Waals surface area (Å²) in [5.41, 5.74) is 0. The number of hydrogen-bond donors (Lipinski definition) is 0. The molecule has 0 unspecified atom stereocenters. The molecule has 11 heavy (non-hydrogen) atoms. The number of hydrogen-bond acceptors (Lipinski definition) is 3. The summed E-state index contributed by atoms with van der Waals surface area (Å²) in [7, 11) is 1.38. The zero-order valence-corrected chi connectivity index (χ0v) is 5.77. The van der Waals surface area contributed by atoms with Crippen LogP contribution in [0.15, 0.2) is 17.5 Å². The summed E-state index contributed by atoms with van der Waals surface area (Å²) < 4.78 is 4.47. The van der Waals surface area contributed by atoms with Gasteiger partial charge in [0.05, 0.1) is 7.11 Å². The van der Waals surface area contributed by atoms with Gasteiger partial charge in [-0.3, -0.25) is 0 Å². The quantitative estimate of drug-likeness (QED) is 0.438. The summed E-state index contributed by atoms with van der Waals surface area (Å²) in [5, 5.41) is 1.84. The molecule has 0 amide bonds. The van der Waals surface area contributed by atoms with Crippen molar-refractivity contribution in [2.45, 2.75) is 0 Å². The van der Waals surface area contributed by atoms with Crippen molar-refractivity contribution in [3.63, 3.8) is 0 Å². The van der Waals surface area contributed by atoms with E-state index in [2.05, 4.69) is 4.74 Å². The van der Waals surface area contributed by atoms with Crippen molar-refractivity contribution in [2.24, 2.45) is 0 Å². The average molecular weight is 180 g/mol. The Kier molecular flexibility index (Phi) is 8.79. The van der Waals surface area contributed by atoms with Crippen molar-refractivity contribution < 1.29 is 9.53 Å². The van der Waals surface area contributed by atoms with E-state index >= 15 is 0 Å². The predicted molar refractivity (Wildman–Crippen MR) is 52.7 cm³/mol. The Bertz CT molecular complexity index is 200. The molecule has 0 fully saturated rings. The molecule has 0 saturated heterocycles. The fourth-order valence-electron chi connectivity index (χ4n) is 0.495. The van der Waals surface area contributed by atoms with E-state index in [4.69, 9.17) is 0 Å². The average Bonchev–Trinajstić information content (AvgIpc) is 2.37. The number of esters is 1. The monoisotopic (exact) mass is 180 g/mol. The maximum atomic E-state index is 10.7. The molecular weight excluding hydrogens is 170 g/mol. The number of thiophene rings is 1. The first kappa shape index (κ1) is 13.9. The molecule has 0 radical (unpaired) electrons. The molecule has 0 atom stereocenters. The van der Waals surface area contributed by atoms with Gasteiger partial charge in [-0.25, -0.2) is 4.79 Å². The van der Waals surface area contributed by atoms with Crippen LogP contribution >= 0.6 is 11.3 Å². The van der Waals surface area contributed by atoms with Gasteiger partial charge in [0.15, 0.2) is 17.4 Å². The summed E-state index contributed by atoms with van der Waals surface area (Å²) >= 11 is 1.38. The van der Waals surface area contributed by atoms with Crippen LogP contribution in [0.1, 0.15) is 9.67 Å². The van der Waals surface area contributed by atoms with Crippen LogP contribution in [0, 0.1) is 0 Å². The van der Waals surface area contributed by atoms with Gasteiger partial charge in [-0.2, -0.15) is 0 Å². The number of ether oxygens (including phenoxy) is 1.